The van der Waals surface area contributed by atoms with E-state index in [0.29, 0.717) is 5.92 Å². The minimum absolute atomic E-state index is 0. The van der Waals surface area contributed by atoms with Crippen LogP contribution in [0, 0.1) is 19.8 Å². The average molecular weight is 173 g/mol. The molecule has 0 aliphatic carbocycles. The van der Waals surface area contributed by atoms with Crippen molar-refractivity contribution in [2.45, 2.75) is 19.8 Å². The van der Waals surface area contributed by atoms with Crippen LogP contribution in [0.1, 0.15) is 19.8 Å². The van der Waals surface area contributed by atoms with Gasteiger partial charge in [-0.1, -0.05) is 12.8 Å². The van der Waals surface area contributed by atoms with E-state index in [1.54, 1.807) is 0 Å². The van der Waals surface area contributed by atoms with Crippen LogP contribution < -0.4 is 0 Å². The van der Waals surface area contributed by atoms with Gasteiger partial charge in [-0.05, 0) is 0 Å². The Morgan fingerprint density at radius 3 is 1.57 bits per heavy atom. The molecule has 0 atom stereocenters. The molecule has 0 fully saturated rings. The fourth-order valence-electron chi connectivity index (χ4n) is 0.144. The molecule has 0 nitrogen and oxygen atoms in total. The summed E-state index contributed by atoms with van der Waals surface area (Å²) in [6, 6.07) is 0. The van der Waals surface area contributed by atoms with Crippen molar-refractivity contribution in [3.8, 4) is 0 Å². The second-order valence-corrected chi connectivity index (χ2v) is 1.68. The van der Waals surface area contributed by atoms with Crippen LogP contribution in [0.3, 0.4) is 0 Å². The summed E-state index contributed by atoms with van der Waals surface area (Å²) in [4.78, 5) is 0. The average Bonchev–Trinajstić information content (AvgIpc) is 1.65. The van der Waals surface area contributed by atoms with Gasteiger partial charge in [-0.25, -0.2) is 0 Å². The Hall–Kier alpha value is 1.10. The van der Waals surface area contributed by atoms with Gasteiger partial charge < -0.3 is 13.8 Å². The third kappa shape index (κ3) is 7.10. The van der Waals surface area contributed by atoms with E-state index in [4.69, 9.17) is 0 Å². The Morgan fingerprint density at radius 1 is 1.29 bits per heavy atom. The minimum atomic E-state index is 0. The van der Waals surface area contributed by atoms with Gasteiger partial charge in [-0.3, -0.25) is 0 Å². The van der Waals surface area contributed by atoms with Crippen molar-refractivity contribution >= 4 is 0 Å². The van der Waals surface area contributed by atoms with Gasteiger partial charge in [0.05, 0.1) is 0 Å². The molecular formula is C6H12Y-2. The van der Waals surface area contributed by atoms with Gasteiger partial charge in [0.15, 0.2) is 0 Å². The van der Waals surface area contributed by atoms with Crippen LogP contribution in [0.25, 0.3) is 0 Å². The SMILES string of the molecule is [CH2-]CC(C)C[CH2-].[Y]. The molecule has 1 radical (unpaired) electrons. The van der Waals surface area contributed by atoms with Gasteiger partial charge in [0.1, 0.15) is 0 Å². The zero-order valence-electron chi connectivity index (χ0n) is 4.98. The minimum Gasteiger partial charge on any atom is -0.343 e. The molecule has 0 aromatic rings. The molecule has 0 bridgehead atoms. The van der Waals surface area contributed by atoms with Gasteiger partial charge in [-0.15, -0.1) is 0 Å². The zero-order chi connectivity index (χ0) is 4.99. The molecule has 0 saturated carbocycles. The van der Waals surface area contributed by atoms with Crippen molar-refractivity contribution in [1.29, 1.82) is 0 Å². The molecular weight excluding hydrogens is 161 g/mol. The number of hydrogen-bond donors (Lipinski definition) is 0. The van der Waals surface area contributed by atoms with Crippen molar-refractivity contribution in [3.63, 3.8) is 0 Å². The zero-order valence-corrected chi connectivity index (χ0v) is 7.82. The van der Waals surface area contributed by atoms with E-state index in [9.17, 15) is 0 Å². The Labute approximate surface area is 71.9 Å². The maximum absolute atomic E-state index is 3.72. The number of hydrogen-bond acceptors (Lipinski definition) is 0. The summed E-state index contributed by atoms with van der Waals surface area (Å²) in [6.07, 6.45) is 2.03. The summed E-state index contributed by atoms with van der Waals surface area (Å²) < 4.78 is 0. The van der Waals surface area contributed by atoms with Crippen LogP contribution in [0.5, 0.6) is 0 Å². The molecule has 0 aliphatic heterocycles. The van der Waals surface area contributed by atoms with E-state index in [-0.39, 0.29) is 32.7 Å². The van der Waals surface area contributed by atoms with Gasteiger partial charge in [0, 0.05) is 32.7 Å². The molecule has 0 spiro atoms. The summed E-state index contributed by atoms with van der Waals surface area (Å²) >= 11 is 0. The molecule has 0 unspecified atom stereocenters. The van der Waals surface area contributed by atoms with E-state index < -0.39 is 0 Å². The Kier molecular flexibility index (Phi) is 11.1. The normalized spacial score (nSPS) is 8.57. The second kappa shape index (κ2) is 7.10. The summed E-state index contributed by atoms with van der Waals surface area (Å²) in [5, 5.41) is 0. The van der Waals surface area contributed by atoms with Crippen LogP contribution in [-0.4, -0.2) is 0 Å². The Balaban J connectivity index is 0. The van der Waals surface area contributed by atoms with Crippen molar-refractivity contribution in [1.82, 2.24) is 0 Å². The molecule has 0 aromatic heterocycles. The summed E-state index contributed by atoms with van der Waals surface area (Å²) in [6.45, 7) is 9.59. The molecule has 1 heteroatoms. The van der Waals surface area contributed by atoms with Crippen LogP contribution >= 0.6 is 0 Å². The van der Waals surface area contributed by atoms with E-state index in [2.05, 4.69) is 20.8 Å². The predicted octanol–water partition coefficient (Wildman–Crippen LogP) is 2.07. The standard InChI is InChI=1S/C6H12.Y/c1-4-6(3)5-2;/h6H,1-2,4-5H2,3H3;/q-2;. The smallest absolute Gasteiger partial charge is 0 e. The number of rotatable bonds is 2. The molecule has 41 valence electrons. The van der Waals surface area contributed by atoms with E-state index >= 15 is 0 Å². The molecule has 0 rings (SSSR count). The second-order valence-electron chi connectivity index (χ2n) is 1.68. The fourth-order valence-corrected chi connectivity index (χ4v) is 0.144. The molecule has 0 amide bonds. The predicted molar refractivity (Wildman–Crippen MR) is 29.1 cm³/mol. The summed E-state index contributed by atoms with van der Waals surface area (Å²) in [5.41, 5.74) is 0. The van der Waals surface area contributed by atoms with Crippen molar-refractivity contribution in [2.75, 3.05) is 0 Å². The first-order chi connectivity index (χ1) is 2.81. The van der Waals surface area contributed by atoms with E-state index in [0.717, 1.165) is 12.8 Å². The molecule has 7 heavy (non-hydrogen) atoms. The maximum atomic E-state index is 3.72. The third-order valence-corrected chi connectivity index (χ3v) is 0.986. The van der Waals surface area contributed by atoms with Crippen LogP contribution in [0.2, 0.25) is 0 Å². The third-order valence-electron chi connectivity index (χ3n) is 0.986. The quantitative estimate of drug-likeness (QED) is 0.560. The molecule has 0 aromatic carbocycles. The molecule has 0 heterocycles. The Morgan fingerprint density at radius 2 is 1.57 bits per heavy atom. The van der Waals surface area contributed by atoms with Crippen molar-refractivity contribution in [2.24, 2.45) is 5.92 Å². The van der Waals surface area contributed by atoms with Gasteiger partial charge in [-0.2, -0.15) is 12.8 Å². The maximum Gasteiger partial charge on any atom is 0 e. The summed E-state index contributed by atoms with van der Waals surface area (Å²) in [5.74, 6) is 0.713. The molecule has 0 saturated heterocycles. The van der Waals surface area contributed by atoms with E-state index in [1.165, 1.54) is 0 Å². The largest absolute Gasteiger partial charge is 0.343 e. The van der Waals surface area contributed by atoms with Crippen molar-refractivity contribution < 1.29 is 32.7 Å². The summed E-state index contributed by atoms with van der Waals surface area (Å²) in [7, 11) is 0. The molecule has 0 N–H and O–H groups in total. The van der Waals surface area contributed by atoms with Gasteiger partial charge >= 0.3 is 0 Å². The van der Waals surface area contributed by atoms with E-state index in [1.807, 2.05) is 0 Å². The van der Waals surface area contributed by atoms with Crippen LogP contribution in [0.4, 0.5) is 0 Å². The Bertz CT molecular complexity index is 23.4. The van der Waals surface area contributed by atoms with Gasteiger partial charge in [0.2, 0.25) is 0 Å². The van der Waals surface area contributed by atoms with Crippen LogP contribution in [0.15, 0.2) is 0 Å². The van der Waals surface area contributed by atoms with Crippen molar-refractivity contribution in [3.05, 3.63) is 13.8 Å². The fraction of sp³-hybridized carbons (Fsp3) is 0.667. The topological polar surface area (TPSA) is 0 Å². The first-order valence-electron chi connectivity index (χ1n) is 2.39. The first-order valence-corrected chi connectivity index (χ1v) is 2.39. The first kappa shape index (κ1) is 11.0. The van der Waals surface area contributed by atoms with Gasteiger partial charge in [0.25, 0.3) is 0 Å². The molecule has 0 aliphatic rings. The van der Waals surface area contributed by atoms with Crippen LogP contribution in [-0.2, 0) is 32.7 Å². The monoisotopic (exact) mass is 173 g/mol.